The molecular weight excluding hydrogens is 250 g/mol. The minimum atomic E-state index is -1.13. The van der Waals surface area contributed by atoms with Gasteiger partial charge in [0.2, 0.25) is 5.91 Å². The fraction of sp³-hybridized carbons (Fsp3) is 0.385. The van der Waals surface area contributed by atoms with Crippen LogP contribution in [0.3, 0.4) is 0 Å². The van der Waals surface area contributed by atoms with E-state index in [1.54, 1.807) is 0 Å². The quantitative estimate of drug-likeness (QED) is 0.676. The van der Waals surface area contributed by atoms with E-state index in [9.17, 15) is 9.59 Å². The van der Waals surface area contributed by atoms with Crippen molar-refractivity contribution in [2.75, 3.05) is 19.8 Å². The van der Waals surface area contributed by atoms with Crippen LogP contribution in [0, 0.1) is 0 Å². The van der Waals surface area contributed by atoms with Crippen molar-refractivity contribution in [2.24, 2.45) is 0 Å². The van der Waals surface area contributed by atoms with Crippen LogP contribution in [-0.4, -0.2) is 42.8 Å². The van der Waals surface area contributed by atoms with Gasteiger partial charge in [-0.25, -0.2) is 4.79 Å². The molecule has 2 N–H and O–H groups in total. The van der Waals surface area contributed by atoms with Gasteiger partial charge in [0.15, 0.2) is 6.04 Å². The predicted octanol–water partition coefficient (Wildman–Crippen LogP) is 0.671. The summed E-state index contributed by atoms with van der Waals surface area (Å²) in [6, 6.07) is 8.19. The van der Waals surface area contributed by atoms with Crippen molar-refractivity contribution < 1.29 is 24.2 Å². The van der Waals surface area contributed by atoms with E-state index in [4.69, 9.17) is 14.6 Å². The van der Waals surface area contributed by atoms with E-state index in [0.29, 0.717) is 6.61 Å². The van der Waals surface area contributed by atoms with Crippen molar-refractivity contribution in [3.63, 3.8) is 0 Å². The number of benzene rings is 1. The van der Waals surface area contributed by atoms with Gasteiger partial charge >= 0.3 is 5.97 Å². The molecular formula is C13H17NO5. The number of nitrogens with one attached hydrogen (secondary N) is 1. The Bertz CT molecular complexity index is 407. The Balaban J connectivity index is 2.18. The van der Waals surface area contributed by atoms with Crippen molar-refractivity contribution in [1.82, 2.24) is 5.32 Å². The Morgan fingerprint density at radius 1 is 1.26 bits per heavy atom. The number of amides is 1. The molecule has 0 aromatic heterocycles. The third-order valence-corrected chi connectivity index (χ3v) is 2.20. The van der Waals surface area contributed by atoms with Gasteiger partial charge in [-0.2, -0.15) is 0 Å². The van der Waals surface area contributed by atoms with Crippen LogP contribution in [0.25, 0.3) is 0 Å². The molecule has 0 heterocycles. The van der Waals surface area contributed by atoms with Crippen LogP contribution in [0.5, 0.6) is 5.75 Å². The number of carboxylic acids is 1. The van der Waals surface area contributed by atoms with E-state index >= 15 is 0 Å². The van der Waals surface area contributed by atoms with E-state index in [-0.39, 0.29) is 13.2 Å². The number of hydrogen-bond donors (Lipinski definition) is 2. The molecule has 6 heteroatoms. The van der Waals surface area contributed by atoms with Crippen LogP contribution >= 0.6 is 0 Å². The number of aliphatic carboxylic acids is 1. The molecule has 19 heavy (non-hydrogen) atoms. The Hall–Kier alpha value is -2.08. The Morgan fingerprint density at radius 3 is 2.53 bits per heavy atom. The van der Waals surface area contributed by atoms with Gasteiger partial charge in [0.1, 0.15) is 12.4 Å². The maximum atomic E-state index is 10.8. The molecule has 1 rings (SSSR count). The molecule has 0 fully saturated rings. The molecule has 0 aliphatic rings. The summed E-state index contributed by atoms with van der Waals surface area (Å²) in [4.78, 5) is 21.6. The van der Waals surface area contributed by atoms with Crippen LogP contribution < -0.4 is 10.1 Å². The van der Waals surface area contributed by atoms with Crippen molar-refractivity contribution in [2.45, 2.75) is 13.0 Å². The van der Waals surface area contributed by atoms with E-state index in [0.717, 1.165) is 5.75 Å². The number of carbonyl (C=O) groups excluding carboxylic acids is 1. The molecule has 1 unspecified atom stereocenters. The first kappa shape index (κ1) is 15.0. The minimum absolute atomic E-state index is 0.0902. The summed E-state index contributed by atoms with van der Waals surface area (Å²) < 4.78 is 10.5. The normalized spacial score (nSPS) is 11.6. The smallest absolute Gasteiger partial charge is 0.328 e. The third-order valence-electron chi connectivity index (χ3n) is 2.20. The topological polar surface area (TPSA) is 84.9 Å². The average molecular weight is 267 g/mol. The van der Waals surface area contributed by atoms with Crippen LogP contribution in [0.2, 0.25) is 0 Å². The summed E-state index contributed by atoms with van der Waals surface area (Å²) in [7, 11) is 0. The maximum Gasteiger partial charge on any atom is 0.328 e. The van der Waals surface area contributed by atoms with Crippen LogP contribution in [0.1, 0.15) is 6.92 Å². The molecule has 104 valence electrons. The van der Waals surface area contributed by atoms with Gasteiger partial charge in [-0.15, -0.1) is 0 Å². The molecule has 0 bridgehead atoms. The average Bonchev–Trinajstić information content (AvgIpc) is 2.37. The lowest BCUT2D eigenvalue weighted by Crippen LogP contribution is -2.43. The molecule has 0 aliphatic carbocycles. The van der Waals surface area contributed by atoms with E-state index < -0.39 is 17.9 Å². The predicted molar refractivity (Wildman–Crippen MR) is 68.0 cm³/mol. The minimum Gasteiger partial charge on any atom is -0.491 e. The number of hydrogen-bond acceptors (Lipinski definition) is 4. The first-order valence-electron chi connectivity index (χ1n) is 5.85. The number of para-hydroxylation sites is 1. The largest absolute Gasteiger partial charge is 0.491 e. The molecule has 1 aromatic carbocycles. The lowest BCUT2D eigenvalue weighted by atomic mass is 10.3. The summed E-state index contributed by atoms with van der Waals surface area (Å²) in [5, 5.41) is 11.1. The Labute approximate surface area is 111 Å². The molecule has 0 aliphatic heterocycles. The molecule has 6 nitrogen and oxygen atoms in total. The second-order valence-corrected chi connectivity index (χ2v) is 3.83. The van der Waals surface area contributed by atoms with Crippen molar-refractivity contribution in [1.29, 1.82) is 0 Å². The molecule has 0 radical (unpaired) electrons. The highest BCUT2D eigenvalue weighted by molar-refractivity contribution is 5.82. The first-order valence-corrected chi connectivity index (χ1v) is 5.85. The summed E-state index contributed by atoms with van der Waals surface area (Å²) in [5.74, 6) is -0.807. The van der Waals surface area contributed by atoms with E-state index in [1.807, 2.05) is 30.3 Å². The number of ether oxygens (including phenoxy) is 2. The number of carbonyl (C=O) groups is 2. The third kappa shape index (κ3) is 6.42. The first-order chi connectivity index (χ1) is 9.09. The molecule has 0 spiro atoms. The SMILES string of the molecule is CC(=O)NC(COCCOc1ccccc1)C(=O)O. The van der Waals surface area contributed by atoms with Gasteiger partial charge in [0.05, 0.1) is 13.2 Å². The van der Waals surface area contributed by atoms with E-state index in [2.05, 4.69) is 5.32 Å². The molecule has 1 aromatic rings. The zero-order chi connectivity index (χ0) is 14.1. The van der Waals surface area contributed by atoms with Gasteiger partial charge in [0, 0.05) is 6.92 Å². The summed E-state index contributed by atoms with van der Waals surface area (Å²) in [5.41, 5.74) is 0. The standard InChI is InChI=1S/C13H17NO5/c1-10(15)14-12(13(16)17)9-18-7-8-19-11-5-3-2-4-6-11/h2-6,12H,7-9H2,1H3,(H,14,15)(H,16,17). The molecule has 0 saturated carbocycles. The highest BCUT2D eigenvalue weighted by Gasteiger charge is 2.18. The van der Waals surface area contributed by atoms with Gasteiger partial charge in [-0.05, 0) is 12.1 Å². The van der Waals surface area contributed by atoms with Crippen molar-refractivity contribution in [3.05, 3.63) is 30.3 Å². The lowest BCUT2D eigenvalue weighted by molar-refractivity contribution is -0.143. The van der Waals surface area contributed by atoms with Crippen LogP contribution in [0.4, 0.5) is 0 Å². The van der Waals surface area contributed by atoms with Crippen molar-refractivity contribution in [3.8, 4) is 5.75 Å². The Kier molecular flexibility index (Phi) is 6.38. The maximum absolute atomic E-state index is 10.8. The zero-order valence-electron chi connectivity index (χ0n) is 10.7. The van der Waals surface area contributed by atoms with Gasteiger partial charge in [0.25, 0.3) is 0 Å². The van der Waals surface area contributed by atoms with Crippen LogP contribution in [-0.2, 0) is 14.3 Å². The van der Waals surface area contributed by atoms with Gasteiger partial charge in [-0.1, -0.05) is 18.2 Å². The van der Waals surface area contributed by atoms with Gasteiger partial charge in [-0.3, -0.25) is 4.79 Å². The second-order valence-electron chi connectivity index (χ2n) is 3.83. The number of rotatable bonds is 8. The molecule has 1 amide bonds. The molecule has 0 saturated heterocycles. The number of carboxylic acid groups (broad SMARTS) is 1. The summed E-state index contributed by atoms with van der Waals surface area (Å²) >= 11 is 0. The van der Waals surface area contributed by atoms with Crippen molar-refractivity contribution >= 4 is 11.9 Å². The monoisotopic (exact) mass is 267 g/mol. The highest BCUT2D eigenvalue weighted by atomic mass is 16.5. The fourth-order valence-electron chi connectivity index (χ4n) is 1.36. The lowest BCUT2D eigenvalue weighted by Gasteiger charge is -2.13. The zero-order valence-corrected chi connectivity index (χ0v) is 10.7. The van der Waals surface area contributed by atoms with E-state index in [1.165, 1.54) is 6.92 Å². The molecule has 1 atom stereocenters. The fourth-order valence-corrected chi connectivity index (χ4v) is 1.36. The highest BCUT2D eigenvalue weighted by Crippen LogP contribution is 2.07. The summed E-state index contributed by atoms with van der Waals surface area (Å²) in [6.45, 7) is 1.73. The summed E-state index contributed by atoms with van der Waals surface area (Å²) in [6.07, 6.45) is 0. The van der Waals surface area contributed by atoms with Crippen LogP contribution in [0.15, 0.2) is 30.3 Å². The van der Waals surface area contributed by atoms with Gasteiger partial charge < -0.3 is 19.9 Å². The Morgan fingerprint density at radius 2 is 1.95 bits per heavy atom. The second kappa shape index (κ2) is 8.10.